The van der Waals surface area contributed by atoms with Gasteiger partial charge in [0, 0.05) is 30.8 Å². The van der Waals surface area contributed by atoms with Crippen molar-refractivity contribution in [3.8, 4) is 0 Å². The Morgan fingerprint density at radius 2 is 1.90 bits per heavy atom. The minimum atomic E-state index is -4.39. The van der Waals surface area contributed by atoms with Crippen LogP contribution in [-0.4, -0.2) is 30.1 Å². The summed E-state index contributed by atoms with van der Waals surface area (Å²) in [6.07, 6.45) is -4.13. The van der Waals surface area contributed by atoms with Gasteiger partial charge >= 0.3 is 18.1 Å². The molecule has 0 bridgehead atoms. The molecule has 29 heavy (non-hydrogen) atoms. The van der Waals surface area contributed by atoms with E-state index in [1.165, 1.54) is 12.1 Å². The number of anilines is 1. The van der Waals surface area contributed by atoms with E-state index in [0.29, 0.717) is 36.2 Å². The molecule has 0 saturated carbocycles. The highest BCUT2D eigenvalue weighted by Crippen LogP contribution is 2.37. The summed E-state index contributed by atoms with van der Waals surface area (Å²) < 4.78 is 43.5. The molecule has 1 unspecified atom stereocenters. The zero-order chi connectivity index (χ0) is 20.8. The van der Waals surface area contributed by atoms with Gasteiger partial charge in [-0.15, -0.1) is 0 Å². The molecule has 0 spiro atoms. The lowest BCUT2D eigenvalue weighted by Gasteiger charge is -2.19. The normalized spacial score (nSPS) is 21.2. The van der Waals surface area contributed by atoms with Crippen molar-refractivity contribution in [2.45, 2.75) is 25.1 Å². The molecule has 5 nitrogen and oxygen atoms in total. The number of fused-ring (bicyclic) bond motifs is 1. The summed E-state index contributed by atoms with van der Waals surface area (Å²) >= 11 is 0. The minimum Gasteiger partial charge on any atom is -0.481 e. The van der Waals surface area contributed by atoms with Gasteiger partial charge in [0.2, 0.25) is 0 Å². The quantitative estimate of drug-likeness (QED) is 0.777. The first kappa shape index (κ1) is 19.3. The molecule has 1 fully saturated rings. The maximum absolute atomic E-state index is 12.7. The van der Waals surface area contributed by atoms with Crippen LogP contribution in [0.1, 0.15) is 39.6 Å². The van der Waals surface area contributed by atoms with Crippen molar-refractivity contribution < 1.29 is 32.6 Å². The molecule has 2 aliphatic rings. The molecule has 2 aromatic rings. The van der Waals surface area contributed by atoms with Gasteiger partial charge in [0.1, 0.15) is 6.10 Å². The predicted octanol–water partition coefficient (Wildman–Crippen LogP) is 4.07. The number of aliphatic carboxylic acids is 1. The molecular formula is C21H18F3NO4. The summed E-state index contributed by atoms with van der Waals surface area (Å²) in [6.45, 7) is 0.984. The van der Waals surface area contributed by atoms with Crippen molar-refractivity contribution in [1.29, 1.82) is 0 Å². The fourth-order valence-corrected chi connectivity index (χ4v) is 3.85. The van der Waals surface area contributed by atoms with Crippen molar-refractivity contribution in [2.24, 2.45) is 5.92 Å². The van der Waals surface area contributed by atoms with E-state index >= 15 is 0 Å². The van der Waals surface area contributed by atoms with Gasteiger partial charge < -0.3 is 14.7 Å². The Bertz CT molecular complexity index is 955. The van der Waals surface area contributed by atoms with Gasteiger partial charge in [-0.25, -0.2) is 4.79 Å². The summed E-state index contributed by atoms with van der Waals surface area (Å²) in [5.41, 5.74) is 1.78. The smallest absolute Gasteiger partial charge is 0.416 e. The highest BCUT2D eigenvalue weighted by molar-refractivity contribution is 5.95. The average molecular weight is 405 g/mol. The van der Waals surface area contributed by atoms with Gasteiger partial charge in [-0.1, -0.05) is 18.2 Å². The second-order valence-corrected chi connectivity index (χ2v) is 7.33. The summed E-state index contributed by atoms with van der Waals surface area (Å²) in [5, 5.41) is 9.15. The Hall–Kier alpha value is -3.03. The number of hydrogen-bond donors (Lipinski definition) is 1. The molecule has 2 aliphatic heterocycles. The second kappa shape index (κ2) is 7.09. The van der Waals surface area contributed by atoms with E-state index in [-0.39, 0.29) is 6.42 Å². The number of carbonyl (C=O) groups is 2. The van der Waals surface area contributed by atoms with Gasteiger partial charge in [-0.3, -0.25) is 4.79 Å². The van der Waals surface area contributed by atoms with Crippen LogP contribution in [0.4, 0.5) is 18.9 Å². The maximum Gasteiger partial charge on any atom is 0.416 e. The standard InChI is InChI=1S/C21H18F3NO4/c22-21(23,24)14-3-1-12(2-4-14)9-18-16-6-5-15(10-17(16)20(28)29-18)25-8-7-13(11-25)19(26)27/h1-6,10,13,18H,7-9,11H2,(H,26,27)/t13-,18?/m1/s1. The van der Waals surface area contributed by atoms with E-state index in [9.17, 15) is 22.8 Å². The molecule has 0 aromatic heterocycles. The first-order chi connectivity index (χ1) is 13.7. The van der Waals surface area contributed by atoms with E-state index in [4.69, 9.17) is 9.84 Å². The van der Waals surface area contributed by atoms with Crippen LogP contribution in [0.5, 0.6) is 0 Å². The number of cyclic esters (lactones) is 1. The van der Waals surface area contributed by atoms with Crippen LogP contribution in [0.3, 0.4) is 0 Å². The number of carboxylic acids is 1. The van der Waals surface area contributed by atoms with Gasteiger partial charge in [0.15, 0.2) is 0 Å². The number of hydrogen-bond acceptors (Lipinski definition) is 4. The summed E-state index contributed by atoms with van der Waals surface area (Å²) in [7, 11) is 0. The Balaban J connectivity index is 1.51. The molecule has 0 radical (unpaired) electrons. The van der Waals surface area contributed by atoms with Gasteiger partial charge in [-0.2, -0.15) is 13.2 Å². The predicted molar refractivity (Wildman–Crippen MR) is 97.7 cm³/mol. The molecule has 0 amide bonds. The van der Waals surface area contributed by atoms with Gasteiger partial charge in [0.25, 0.3) is 0 Å². The lowest BCUT2D eigenvalue weighted by atomic mass is 9.98. The second-order valence-electron chi connectivity index (χ2n) is 7.33. The fourth-order valence-electron chi connectivity index (χ4n) is 3.85. The van der Waals surface area contributed by atoms with E-state index in [1.807, 2.05) is 11.0 Å². The Morgan fingerprint density at radius 1 is 1.17 bits per heavy atom. The van der Waals surface area contributed by atoms with E-state index in [2.05, 4.69) is 0 Å². The maximum atomic E-state index is 12.7. The number of benzene rings is 2. The van der Waals surface area contributed by atoms with Crippen molar-refractivity contribution in [2.75, 3.05) is 18.0 Å². The number of carbonyl (C=O) groups excluding carboxylic acids is 1. The Kier molecular flexibility index (Phi) is 4.72. The van der Waals surface area contributed by atoms with Crippen LogP contribution in [-0.2, 0) is 22.1 Å². The first-order valence-electron chi connectivity index (χ1n) is 9.21. The number of carboxylic acid groups (broad SMARTS) is 1. The lowest BCUT2D eigenvalue weighted by molar-refractivity contribution is -0.141. The number of alkyl halides is 3. The van der Waals surface area contributed by atoms with Gasteiger partial charge in [-0.05, 0) is 36.2 Å². The number of ether oxygens (including phenoxy) is 1. The van der Waals surface area contributed by atoms with E-state index in [1.54, 1.807) is 12.1 Å². The van der Waals surface area contributed by atoms with E-state index < -0.39 is 35.7 Å². The topological polar surface area (TPSA) is 66.8 Å². The molecule has 152 valence electrons. The monoisotopic (exact) mass is 405 g/mol. The van der Waals surface area contributed by atoms with Crippen LogP contribution in [0.2, 0.25) is 0 Å². The van der Waals surface area contributed by atoms with Crippen LogP contribution in [0.15, 0.2) is 42.5 Å². The largest absolute Gasteiger partial charge is 0.481 e. The highest BCUT2D eigenvalue weighted by Gasteiger charge is 2.34. The number of rotatable bonds is 4. The zero-order valence-electron chi connectivity index (χ0n) is 15.3. The van der Waals surface area contributed by atoms with Gasteiger partial charge in [0.05, 0.1) is 17.0 Å². The summed E-state index contributed by atoms with van der Waals surface area (Å²) in [5.74, 6) is -1.74. The molecule has 1 N–H and O–H groups in total. The summed E-state index contributed by atoms with van der Waals surface area (Å²) in [4.78, 5) is 25.4. The van der Waals surface area contributed by atoms with E-state index in [0.717, 1.165) is 17.8 Å². The number of nitrogens with zero attached hydrogens (tertiary/aromatic N) is 1. The molecule has 8 heteroatoms. The van der Waals surface area contributed by atoms with Crippen molar-refractivity contribution in [3.63, 3.8) is 0 Å². The first-order valence-corrected chi connectivity index (χ1v) is 9.21. The molecule has 4 rings (SSSR count). The van der Waals surface area contributed by atoms with Crippen LogP contribution in [0, 0.1) is 5.92 Å². The molecule has 2 aromatic carbocycles. The van der Waals surface area contributed by atoms with Crippen molar-refractivity contribution in [1.82, 2.24) is 0 Å². The SMILES string of the molecule is O=C1OC(Cc2ccc(C(F)(F)F)cc2)c2ccc(N3CC[C@@H](C(=O)O)C3)cc21. The van der Waals surface area contributed by atoms with Crippen LogP contribution >= 0.6 is 0 Å². The highest BCUT2D eigenvalue weighted by atomic mass is 19.4. The minimum absolute atomic E-state index is 0.279. The van der Waals surface area contributed by atoms with Crippen LogP contribution < -0.4 is 4.90 Å². The number of halogens is 3. The Morgan fingerprint density at radius 3 is 2.52 bits per heavy atom. The Labute approximate surface area is 164 Å². The zero-order valence-corrected chi connectivity index (χ0v) is 15.3. The third kappa shape index (κ3) is 3.79. The van der Waals surface area contributed by atoms with Crippen molar-refractivity contribution in [3.05, 3.63) is 64.7 Å². The molecule has 2 atom stereocenters. The molecule has 0 aliphatic carbocycles. The number of esters is 1. The van der Waals surface area contributed by atoms with Crippen molar-refractivity contribution >= 4 is 17.6 Å². The average Bonchev–Trinajstić information content (AvgIpc) is 3.27. The van der Waals surface area contributed by atoms with Crippen LogP contribution in [0.25, 0.3) is 0 Å². The molecule has 1 saturated heterocycles. The lowest BCUT2D eigenvalue weighted by Crippen LogP contribution is -2.22. The third-order valence-corrected chi connectivity index (χ3v) is 5.46. The molecular weight excluding hydrogens is 387 g/mol. The fraction of sp³-hybridized carbons (Fsp3) is 0.333. The summed E-state index contributed by atoms with van der Waals surface area (Å²) in [6, 6.07) is 10.1. The molecule has 2 heterocycles. The third-order valence-electron chi connectivity index (χ3n) is 5.46.